The van der Waals surface area contributed by atoms with E-state index in [4.69, 9.17) is 34.8 Å². The predicted octanol–water partition coefficient (Wildman–Crippen LogP) is 5.37. The Hall–Kier alpha value is -2.08. The summed E-state index contributed by atoms with van der Waals surface area (Å²) in [6.45, 7) is 0. The quantitative estimate of drug-likeness (QED) is 0.681. The fourth-order valence-corrected chi connectivity index (χ4v) is 3.82. The van der Waals surface area contributed by atoms with E-state index in [2.05, 4.69) is 5.32 Å². The smallest absolute Gasteiger partial charge is 0.306 e. The first kappa shape index (κ1) is 20.6. The zero-order chi connectivity index (χ0) is 20.3. The number of Topliss-reactive ketones (excluding diaryl/α,β-unsaturated/α-hetero) is 1. The molecular formula is C20H17Cl3N2O3. The number of hydrogen-bond donors (Lipinski definition) is 1. The highest BCUT2D eigenvalue weighted by Gasteiger charge is 2.39. The maximum absolute atomic E-state index is 12.7. The van der Waals surface area contributed by atoms with Crippen molar-refractivity contribution in [2.24, 2.45) is 0 Å². The van der Waals surface area contributed by atoms with Crippen molar-refractivity contribution in [3.63, 3.8) is 0 Å². The van der Waals surface area contributed by atoms with Crippen LogP contribution in [0.25, 0.3) is 0 Å². The van der Waals surface area contributed by atoms with Crippen LogP contribution in [-0.2, 0) is 16.0 Å². The van der Waals surface area contributed by atoms with Gasteiger partial charge in [-0.3, -0.25) is 14.5 Å². The molecule has 1 aliphatic heterocycles. The maximum atomic E-state index is 12.7. The van der Waals surface area contributed by atoms with Crippen LogP contribution in [0.3, 0.4) is 0 Å². The van der Waals surface area contributed by atoms with E-state index in [9.17, 15) is 14.4 Å². The van der Waals surface area contributed by atoms with Gasteiger partial charge in [0.25, 0.3) is 0 Å². The fourth-order valence-electron chi connectivity index (χ4n) is 3.13. The van der Waals surface area contributed by atoms with E-state index in [0.717, 1.165) is 10.5 Å². The van der Waals surface area contributed by atoms with Crippen molar-refractivity contribution >= 4 is 58.2 Å². The number of nitrogens with zero attached hydrogens (tertiary/aromatic N) is 1. The highest BCUT2D eigenvalue weighted by Crippen LogP contribution is 2.27. The van der Waals surface area contributed by atoms with Crippen LogP contribution in [0.5, 0.6) is 0 Å². The number of para-hydroxylation sites is 1. The number of halogens is 3. The first-order valence-electron chi connectivity index (χ1n) is 8.71. The lowest BCUT2D eigenvalue weighted by atomic mass is 10.0. The molecule has 28 heavy (non-hydrogen) atoms. The molecule has 2 aromatic carbocycles. The van der Waals surface area contributed by atoms with Crippen molar-refractivity contribution in [2.45, 2.75) is 31.7 Å². The Morgan fingerprint density at radius 3 is 2.54 bits per heavy atom. The molecule has 0 saturated carbocycles. The first-order valence-corrected chi connectivity index (χ1v) is 9.84. The molecule has 1 atom stereocenters. The lowest BCUT2D eigenvalue weighted by Gasteiger charge is -2.22. The first-order chi connectivity index (χ1) is 13.4. The summed E-state index contributed by atoms with van der Waals surface area (Å²) in [4.78, 5) is 38.5. The summed E-state index contributed by atoms with van der Waals surface area (Å²) < 4.78 is 0. The van der Waals surface area contributed by atoms with E-state index >= 15 is 0 Å². The number of carbonyl (C=O) groups excluding carboxylic acids is 3. The largest absolute Gasteiger partial charge is 0.329 e. The van der Waals surface area contributed by atoms with E-state index in [1.165, 1.54) is 0 Å². The second-order valence-electron chi connectivity index (χ2n) is 6.43. The minimum absolute atomic E-state index is 0.147. The molecule has 1 aliphatic rings. The van der Waals surface area contributed by atoms with Gasteiger partial charge in [-0.25, -0.2) is 4.79 Å². The molecule has 0 bridgehead atoms. The summed E-state index contributed by atoms with van der Waals surface area (Å²) >= 11 is 18.1. The normalized spacial score (nSPS) is 16.3. The van der Waals surface area contributed by atoms with Gasteiger partial charge in [0, 0.05) is 22.9 Å². The minimum Gasteiger partial charge on any atom is -0.306 e. The number of rotatable bonds is 5. The molecule has 0 spiro atoms. The van der Waals surface area contributed by atoms with Crippen LogP contribution < -0.4 is 5.32 Å². The number of ketones is 1. The third-order valence-electron chi connectivity index (χ3n) is 4.57. The third kappa shape index (κ3) is 4.66. The molecule has 2 aromatic rings. The lowest BCUT2D eigenvalue weighted by molar-refractivity contribution is -0.131. The summed E-state index contributed by atoms with van der Waals surface area (Å²) in [5.74, 6) is -0.571. The van der Waals surface area contributed by atoms with Crippen LogP contribution in [0.15, 0.2) is 42.5 Å². The summed E-state index contributed by atoms with van der Waals surface area (Å²) in [6, 6.07) is 10.3. The number of imide groups is 1. The molecule has 0 unspecified atom stereocenters. The number of likely N-dealkylation sites (tertiary alicyclic amines) is 1. The molecule has 1 N–H and O–H groups in total. The molecule has 5 nitrogen and oxygen atoms in total. The highest BCUT2D eigenvalue weighted by molar-refractivity contribution is 6.35. The van der Waals surface area contributed by atoms with Crippen LogP contribution >= 0.6 is 34.8 Å². The highest BCUT2D eigenvalue weighted by atomic mass is 35.5. The molecule has 146 valence electrons. The molecule has 1 heterocycles. The van der Waals surface area contributed by atoms with Gasteiger partial charge in [0.05, 0.1) is 10.7 Å². The van der Waals surface area contributed by atoms with Gasteiger partial charge in [-0.15, -0.1) is 0 Å². The van der Waals surface area contributed by atoms with Crippen LogP contribution in [0, 0.1) is 0 Å². The number of amides is 3. The molecule has 0 aliphatic carbocycles. The summed E-state index contributed by atoms with van der Waals surface area (Å²) in [6.07, 6.45) is 1.02. The third-order valence-corrected chi connectivity index (χ3v) is 5.49. The standard InChI is InChI=1S/C20H17Cl3N2O3/c21-13-7-5-12(15(23)11-13)6-9-18(26)17-8-10-19(27)25(17)20(28)24-16-4-2-1-3-14(16)22/h1-5,7,11,17H,6,8-10H2,(H,24,28)/t17-/m0/s1. The molecule has 3 amide bonds. The summed E-state index contributed by atoms with van der Waals surface area (Å²) in [5.41, 5.74) is 1.17. The van der Waals surface area contributed by atoms with Crippen molar-refractivity contribution in [3.05, 3.63) is 63.1 Å². The Labute approximate surface area is 177 Å². The zero-order valence-corrected chi connectivity index (χ0v) is 17.0. The van der Waals surface area contributed by atoms with Gasteiger partial charge < -0.3 is 5.32 Å². The van der Waals surface area contributed by atoms with Gasteiger partial charge in [0.1, 0.15) is 6.04 Å². The number of hydrogen-bond acceptors (Lipinski definition) is 3. The van der Waals surface area contributed by atoms with Gasteiger partial charge in [-0.2, -0.15) is 0 Å². The minimum atomic E-state index is -0.791. The number of carbonyl (C=O) groups is 3. The molecule has 1 fully saturated rings. The van der Waals surface area contributed by atoms with Crippen LogP contribution in [0.2, 0.25) is 15.1 Å². The summed E-state index contributed by atoms with van der Waals surface area (Å²) in [7, 11) is 0. The van der Waals surface area contributed by atoms with E-state index < -0.39 is 12.1 Å². The van der Waals surface area contributed by atoms with Gasteiger partial charge in [0.2, 0.25) is 5.91 Å². The Kier molecular flexibility index (Phi) is 6.60. The Morgan fingerprint density at radius 2 is 1.82 bits per heavy atom. The van der Waals surface area contributed by atoms with Crippen LogP contribution in [0.4, 0.5) is 10.5 Å². The van der Waals surface area contributed by atoms with Gasteiger partial charge in [-0.05, 0) is 42.7 Å². The lowest BCUT2D eigenvalue weighted by Crippen LogP contribution is -2.45. The Bertz CT molecular complexity index is 933. The molecule has 8 heteroatoms. The van der Waals surface area contributed by atoms with Crippen molar-refractivity contribution in [1.82, 2.24) is 4.90 Å². The maximum Gasteiger partial charge on any atom is 0.329 e. The van der Waals surface area contributed by atoms with Gasteiger partial charge in [0.15, 0.2) is 5.78 Å². The monoisotopic (exact) mass is 438 g/mol. The second-order valence-corrected chi connectivity index (χ2v) is 7.68. The van der Waals surface area contributed by atoms with Crippen molar-refractivity contribution < 1.29 is 14.4 Å². The van der Waals surface area contributed by atoms with E-state index in [0.29, 0.717) is 33.6 Å². The molecular weight excluding hydrogens is 423 g/mol. The topological polar surface area (TPSA) is 66.5 Å². The molecule has 3 rings (SSSR count). The Balaban J connectivity index is 1.68. The second kappa shape index (κ2) is 8.95. The number of nitrogens with one attached hydrogen (secondary N) is 1. The van der Waals surface area contributed by atoms with E-state index in [1.807, 2.05) is 0 Å². The number of aryl methyl sites for hydroxylation is 1. The molecule has 1 saturated heterocycles. The molecule has 0 radical (unpaired) electrons. The van der Waals surface area contributed by atoms with Gasteiger partial charge in [-0.1, -0.05) is 53.0 Å². The fraction of sp³-hybridized carbons (Fsp3) is 0.250. The number of benzene rings is 2. The van der Waals surface area contributed by atoms with Crippen molar-refractivity contribution in [1.29, 1.82) is 0 Å². The van der Waals surface area contributed by atoms with Gasteiger partial charge >= 0.3 is 6.03 Å². The zero-order valence-electron chi connectivity index (χ0n) is 14.8. The average molecular weight is 440 g/mol. The molecule has 0 aromatic heterocycles. The van der Waals surface area contributed by atoms with Crippen LogP contribution in [0.1, 0.15) is 24.8 Å². The van der Waals surface area contributed by atoms with Crippen molar-refractivity contribution in [2.75, 3.05) is 5.32 Å². The summed E-state index contributed by atoms with van der Waals surface area (Å²) in [5, 5.41) is 3.95. The SMILES string of the molecule is O=C(CCc1ccc(Cl)cc1Cl)[C@@H]1CCC(=O)N1C(=O)Nc1ccccc1Cl. The number of anilines is 1. The predicted molar refractivity (Wildman–Crippen MR) is 110 cm³/mol. The van der Waals surface area contributed by atoms with Crippen LogP contribution in [-0.4, -0.2) is 28.7 Å². The Morgan fingerprint density at radius 1 is 1.07 bits per heavy atom. The average Bonchev–Trinajstić information content (AvgIpc) is 3.04. The van der Waals surface area contributed by atoms with E-state index in [-0.39, 0.29) is 24.5 Å². The number of urea groups is 1. The van der Waals surface area contributed by atoms with E-state index in [1.54, 1.807) is 42.5 Å². The van der Waals surface area contributed by atoms with Crippen molar-refractivity contribution in [3.8, 4) is 0 Å².